The zero-order valence-corrected chi connectivity index (χ0v) is 28.4. The number of carboxylic acids is 2. The van der Waals surface area contributed by atoms with Gasteiger partial charge in [-0.2, -0.15) is 0 Å². The van der Waals surface area contributed by atoms with Crippen LogP contribution in [0.3, 0.4) is 0 Å². The predicted octanol–water partition coefficient (Wildman–Crippen LogP) is -4.93. The number of carboxylic acid groups (broad SMARTS) is 2. The van der Waals surface area contributed by atoms with Crippen LogP contribution in [-0.2, 0) is 51.2 Å². The number of aromatic nitrogens is 2. The zero-order chi connectivity index (χ0) is 39.5. The number of benzene rings is 1. The van der Waals surface area contributed by atoms with E-state index in [1.54, 1.807) is 30.3 Å². The molecule has 2 rings (SSSR count). The molecule has 1 aromatic heterocycles. The van der Waals surface area contributed by atoms with Crippen LogP contribution < -0.4 is 49.5 Å². The minimum atomic E-state index is -1.72. The van der Waals surface area contributed by atoms with Gasteiger partial charge in [-0.05, 0) is 18.4 Å². The molecule has 16 N–H and O–H groups in total. The van der Waals surface area contributed by atoms with Gasteiger partial charge in [0.1, 0.15) is 24.2 Å². The lowest BCUT2D eigenvalue weighted by molar-refractivity contribution is -0.143. The molecule has 0 spiro atoms. The van der Waals surface area contributed by atoms with E-state index in [0.717, 1.165) is 0 Å². The highest BCUT2D eigenvalue weighted by atomic mass is 16.4. The van der Waals surface area contributed by atoms with Crippen molar-refractivity contribution in [3.63, 3.8) is 0 Å². The Labute approximate surface area is 302 Å². The highest BCUT2D eigenvalue weighted by molar-refractivity contribution is 5.96. The first-order chi connectivity index (χ1) is 25.0. The number of primary amides is 1. The molecular formula is C31H44N12O10. The van der Waals surface area contributed by atoms with E-state index in [2.05, 4.69) is 41.5 Å². The first kappa shape index (κ1) is 42.6. The molecule has 0 radical (unpaired) electrons. The molecule has 5 atom stereocenters. The molecule has 0 aliphatic heterocycles. The van der Waals surface area contributed by atoms with E-state index in [-0.39, 0.29) is 38.2 Å². The average molecular weight is 745 g/mol. The summed E-state index contributed by atoms with van der Waals surface area (Å²) in [5.74, 6) is -8.74. The third-order valence-electron chi connectivity index (χ3n) is 7.30. The highest BCUT2D eigenvalue weighted by Crippen LogP contribution is 2.06. The highest BCUT2D eigenvalue weighted by Gasteiger charge is 2.31. The number of aliphatic carboxylic acids is 2. The third-order valence-corrected chi connectivity index (χ3v) is 7.30. The van der Waals surface area contributed by atoms with Crippen molar-refractivity contribution in [3.05, 3.63) is 54.1 Å². The van der Waals surface area contributed by atoms with Crippen LogP contribution in [-0.4, -0.2) is 117 Å². The largest absolute Gasteiger partial charge is 0.481 e. The van der Waals surface area contributed by atoms with Gasteiger partial charge < -0.3 is 64.7 Å². The Hall–Kier alpha value is -6.58. The molecule has 2 aromatic rings. The summed E-state index contributed by atoms with van der Waals surface area (Å²) in [6, 6.07) is 1.06. The van der Waals surface area contributed by atoms with Crippen molar-refractivity contribution in [1.29, 1.82) is 0 Å². The van der Waals surface area contributed by atoms with Gasteiger partial charge in [-0.1, -0.05) is 30.3 Å². The number of hydrogen-bond donors (Lipinski definition) is 12. The van der Waals surface area contributed by atoms with E-state index in [4.69, 9.17) is 22.9 Å². The molecule has 0 aliphatic rings. The maximum atomic E-state index is 13.5. The molecule has 0 aliphatic carbocycles. The number of aliphatic imine (C=N–C) groups is 1. The fraction of sp³-hybridized carbons (Fsp3) is 0.419. The van der Waals surface area contributed by atoms with E-state index in [1.807, 2.05) is 0 Å². The molecule has 22 nitrogen and oxygen atoms in total. The Balaban J connectivity index is 2.16. The number of carbonyl (C=O) groups is 8. The van der Waals surface area contributed by atoms with Gasteiger partial charge in [0.15, 0.2) is 5.96 Å². The summed E-state index contributed by atoms with van der Waals surface area (Å²) in [6.07, 6.45) is 1.08. The van der Waals surface area contributed by atoms with Crippen LogP contribution in [0.2, 0.25) is 0 Å². The van der Waals surface area contributed by atoms with Crippen molar-refractivity contribution in [3.8, 4) is 0 Å². The number of aromatic amines is 1. The fourth-order valence-electron chi connectivity index (χ4n) is 4.70. The molecule has 6 amide bonds. The SMILES string of the molecule is NC(=O)CC(N)C(=O)NC(Cc1cnc[nH]1)C(=O)NC(CCCN=C(N)N)C(=O)NCC(=O)NC(CC(=O)O)C(=O)NC(Cc1ccccc1)C(=O)O. The Morgan fingerprint density at radius 3 is 2.00 bits per heavy atom. The molecule has 1 heterocycles. The number of carbonyl (C=O) groups excluding carboxylic acids is 6. The molecule has 53 heavy (non-hydrogen) atoms. The Morgan fingerprint density at radius 2 is 1.42 bits per heavy atom. The molecule has 0 saturated heterocycles. The smallest absolute Gasteiger partial charge is 0.326 e. The quantitative estimate of drug-likeness (QED) is 0.0288. The number of H-pyrrole nitrogens is 1. The van der Waals surface area contributed by atoms with Gasteiger partial charge in [0, 0.05) is 31.3 Å². The van der Waals surface area contributed by atoms with Crippen LogP contribution in [0.4, 0.5) is 0 Å². The molecule has 288 valence electrons. The van der Waals surface area contributed by atoms with Gasteiger partial charge in [0.2, 0.25) is 35.4 Å². The van der Waals surface area contributed by atoms with Gasteiger partial charge in [-0.3, -0.25) is 38.6 Å². The monoisotopic (exact) mass is 744 g/mol. The van der Waals surface area contributed by atoms with Crippen molar-refractivity contribution in [2.24, 2.45) is 27.9 Å². The molecule has 22 heteroatoms. The van der Waals surface area contributed by atoms with Crippen LogP contribution in [0, 0.1) is 0 Å². The number of imidazole rings is 1. The Morgan fingerprint density at radius 1 is 0.774 bits per heavy atom. The normalized spacial score (nSPS) is 13.5. The standard InChI is InChI=1S/C31H44N12O10/c32-18(11-23(33)44)26(48)42-20(10-17-13-36-15-39-17)28(50)41-19(7-4-8-37-31(34)35)27(49)38-14-24(45)40-21(12-25(46)47)29(51)43-22(30(52)53)9-16-5-2-1-3-6-16/h1-3,5-6,13,15,18-22H,4,7-12,14,32H2,(H2,33,44)(H,36,39)(H,38,49)(H,40,45)(H,41,50)(H,42,48)(H,43,51)(H,46,47)(H,52,53)(H4,34,35,37). The maximum absolute atomic E-state index is 13.5. The number of nitrogens with one attached hydrogen (secondary N) is 6. The lowest BCUT2D eigenvalue weighted by Gasteiger charge is -2.24. The van der Waals surface area contributed by atoms with E-state index >= 15 is 0 Å². The Bertz CT molecular complexity index is 1620. The first-order valence-corrected chi connectivity index (χ1v) is 16.1. The third kappa shape index (κ3) is 16.3. The second-order valence-corrected chi connectivity index (χ2v) is 11.7. The van der Waals surface area contributed by atoms with Crippen molar-refractivity contribution in [2.45, 2.75) is 68.7 Å². The number of nitrogens with zero attached hydrogens (tertiary/aromatic N) is 2. The second-order valence-electron chi connectivity index (χ2n) is 11.7. The number of hydrogen-bond acceptors (Lipinski definition) is 11. The summed E-state index contributed by atoms with van der Waals surface area (Å²) in [5, 5.41) is 30.6. The van der Waals surface area contributed by atoms with Crippen molar-refractivity contribution < 1.29 is 48.6 Å². The van der Waals surface area contributed by atoms with Crippen molar-refractivity contribution in [2.75, 3.05) is 13.1 Å². The summed E-state index contributed by atoms with van der Waals surface area (Å²) in [6.45, 7) is -0.752. The summed E-state index contributed by atoms with van der Waals surface area (Å²) >= 11 is 0. The number of amides is 6. The summed E-state index contributed by atoms with van der Waals surface area (Å²) < 4.78 is 0. The van der Waals surface area contributed by atoms with Gasteiger partial charge in [-0.25, -0.2) is 9.78 Å². The second kappa shape index (κ2) is 21.6. The summed E-state index contributed by atoms with van der Waals surface area (Å²) in [4.78, 5) is 110. The summed E-state index contributed by atoms with van der Waals surface area (Å²) in [7, 11) is 0. The molecule has 5 unspecified atom stereocenters. The average Bonchev–Trinajstić information content (AvgIpc) is 3.60. The van der Waals surface area contributed by atoms with E-state index in [9.17, 15) is 48.6 Å². The minimum absolute atomic E-state index is 0.0480. The number of guanidine groups is 1. The summed E-state index contributed by atoms with van der Waals surface area (Å²) in [5.41, 5.74) is 22.5. The fourth-order valence-corrected chi connectivity index (χ4v) is 4.70. The van der Waals surface area contributed by atoms with Crippen LogP contribution >= 0.6 is 0 Å². The molecule has 0 saturated carbocycles. The van der Waals surface area contributed by atoms with Crippen LogP contribution in [0.1, 0.15) is 36.9 Å². The molecule has 0 fully saturated rings. The van der Waals surface area contributed by atoms with Crippen LogP contribution in [0.25, 0.3) is 0 Å². The van der Waals surface area contributed by atoms with E-state index in [1.165, 1.54) is 12.5 Å². The molecule has 1 aromatic carbocycles. The van der Waals surface area contributed by atoms with E-state index < -0.39 is 97.0 Å². The zero-order valence-electron chi connectivity index (χ0n) is 28.4. The predicted molar refractivity (Wildman–Crippen MR) is 185 cm³/mol. The van der Waals surface area contributed by atoms with Gasteiger partial charge in [0.25, 0.3) is 0 Å². The number of nitrogens with two attached hydrogens (primary N) is 4. The first-order valence-electron chi connectivity index (χ1n) is 16.1. The van der Waals surface area contributed by atoms with Crippen LogP contribution in [0.5, 0.6) is 0 Å². The topological polar surface area (TPSA) is 382 Å². The minimum Gasteiger partial charge on any atom is -0.481 e. The molecule has 0 bridgehead atoms. The van der Waals surface area contributed by atoms with Gasteiger partial charge >= 0.3 is 11.9 Å². The van der Waals surface area contributed by atoms with Crippen molar-refractivity contribution >= 4 is 53.3 Å². The van der Waals surface area contributed by atoms with Crippen molar-refractivity contribution in [1.82, 2.24) is 36.6 Å². The van der Waals surface area contributed by atoms with Gasteiger partial charge in [-0.15, -0.1) is 0 Å². The Kier molecular flexibility index (Phi) is 17.4. The van der Waals surface area contributed by atoms with Crippen LogP contribution in [0.15, 0.2) is 47.8 Å². The number of rotatable bonds is 23. The lowest BCUT2D eigenvalue weighted by atomic mass is 10.1. The maximum Gasteiger partial charge on any atom is 0.326 e. The molecular weight excluding hydrogens is 700 g/mol. The van der Waals surface area contributed by atoms with E-state index in [0.29, 0.717) is 11.3 Å². The lowest BCUT2D eigenvalue weighted by Crippen LogP contribution is -2.57. The van der Waals surface area contributed by atoms with Gasteiger partial charge in [0.05, 0.1) is 31.8 Å².